The van der Waals surface area contributed by atoms with Gasteiger partial charge in [-0.1, -0.05) is 12.1 Å². The van der Waals surface area contributed by atoms with Crippen LogP contribution in [-0.4, -0.2) is 0 Å². The summed E-state index contributed by atoms with van der Waals surface area (Å²) >= 11 is 0. The van der Waals surface area contributed by atoms with E-state index >= 15 is 0 Å². The van der Waals surface area contributed by atoms with Gasteiger partial charge in [-0.15, -0.1) is 6.58 Å². The minimum atomic E-state index is -0.216. The van der Waals surface area contributed by atoms with Gasteiger partial charge < -0.3 is 5.73 Å². The molecule has 1 aromatic rings. The molecule has 70 valence electrons. The lowest BCUT2D eigenvalue weighted by molar-refractivity contribution is 0.623. The molecule has 13 heavy (non-hydrogen) atoms. The number of benzene rings is 1. The zero-order valence-electron chi connectivity index (χ0n) is 7.76. The van der Waals surface area contributed by atoms with Crippen molar-refractivity contribution in [3.05, 3.63) is 47.8 Å². The molecule has 0 spiro atoms. The predicted octanol–water partition coefficient (Wildman–Crippen LogP) is 2.71. The third-order valence-electron chi connectivity index (χ3n) is 2.05. The molecule has 0 aromatic heterocycles. The van der Waals surface area contributed by atoms with E-state index in [4.69, 9.17) is 5.73 Å². The Kier molecular flexibility index (Phi) is 3.20. The molecule has 1 rings (SSSR count). The summed E-state index contributed by atoms with van der Waals surface area (Å²) in [5.74, 6) is -0.216. The van der Waals surface area contributed by atoms with Crippen molar-refractivity contribution in [2.24, 2.45) is 5.73 Å². The second-order valence-electron chi connectivity index (χ2n) is 3.13. The predicted molar refractivity (Wildman–Crippen MR) is 52.9 cm³/mol. The lowest BCUT2D eigenvalue weighted by atomic mass is 9.99. The third kappa shape index (κ3) is 2.39. The van der Waals surface area contributed by atoms with Crippen LogP contribution in [0, 0.1) is 12.7 Å². The highest BCUT2D eigenvalue weighted by atomic mass is 19.1. The van der Waals surface area contributed by atoms with Crippen LogP contribution in [0.25, 0.3) is 0 Å². The lowest BCUT2D eigenvalue weighted by Gasteiger charge is -2.12. The Labute approximate surface area is 78.1 Å². The summed E-state index contributed by atoms with van der Waals surface area (Å²) in [7, 11) is 0. The number of hydrogen-bond acceptors (Lipinski definition) is 1. The number of halogens is 1. The third-order valence-corrected chi connectivity index (χ3v) is 2.05. The van der Waals surface area contributed by atoms with Gasteiger partial charge in [-0.05, 0) is 36.6 Å². The molecule has 2 heteroatoms. The molecule has 0 saturated carbocycles. The molecule has 0 saturated heterocycles. The van der Waals surface area contributed by atoms with E-state index in [0.717, 1.165) is 11.1 Å². The zero-order chi connectivity index (χ0) is 9.84. The molecule has 0 bridgehead atoms. The maximum absolute atomic E-state index is 12.7. The van der Waals surface area contributed by atoms with Crippen LogP contribution in [0.3, 0.4) is 0 Å². The molecule has 0 amide bonds. The summed E-state index contributed by atoms with van der Waals surface area (Å²) in [5.41, 5.74) is 7.75. The van der Waals surface area contributed by atoms with E-state index < -0.39 is 0 Å². The summed E-state index contributed by atoms with van der Waals surface area (Å²) < 4.78 is 12.7. The van der Waals surface area contributed by atoms with Crippen molar-refractivity contribution in [2.75, 3.05) is 0 Å². The molecular formula is C11H14FN. The fourth-order valence-corrected chi connectivity index (χ4v) is 1.36. The first-order valence-corrected chi connectivity index (χ1v) is 4.27. The fourth-order valence-electron chi connectivity index (χ4n) is 1.36. The van der Waals surface area contributed by atoms with Crippen LogP contribution >= 0.6 is 0 Å². The van der Waals surface area contributed by atoms with E-state index in [1.54, 1.807) is 12.1 Å². The van der Waals surface area contributed by atoms with Crippen molar-refractivity contribution in [1.82, 2.24) is 0 Å². The van der Waals surface area contributed by atoms with Gasteiger partial charge in [0.15, 0.2) is 0 Å². The lowest BCUT2D eigenvalue weighted by Crippen LogP contribution is -2.10. The van der Waals surface area contributed by atoms with E-state index in [-0.39, 0.29) is 11.9 Å². The molecule has 2 N–H and O–H groups in total. The van der Waals surface area contributed by atoms with Crippen LogP contribution in [-0.2, 0) is 0 Å². The molecule has 0 aliphatic carbocycles. The molecule has 0 radical (unpaired) electrons. The van der Waals surface area contributed by atoms with Gasteiger partial charge in [0, 0.05) is 6.04 Å². The van der Waals surface area contributed by atoms with Gasteiger partial charge in [-0.25, -0.2) is 4.39 Å². The van der Waals surface area contributed by atoms with E-state index in [1.807, 2.05) is 6.92 Å². The highest BCUT2D eigenvalue weighted by Crippen LogP contribution is 2.19. The minimum absolute atomic E-state index is 0.0712. The first-order chi connectivity index (χ1) is 6.15. The van der Waals surface area contributed by atoms with Gasteiger partial charge in [-0.2, -0.15) is 0 Å². The number of rotatable bonds is 3. The topological polar surface area (TPSA) is 26.0 Å². The largest absolute Gasteiger partial charge is 0.324 e. The molecule has 0 aliphatic heterocycles. The Morgan fingerprint density at radius 2 is 2.31 bits per heavy atom. The Balaban J connectivity index is 2.94. The fraction of sp³-hybridized carbons (Fsp3) is 0.273. The molecule has 0 aliphatic rings. The van der Waals surface area contributed by atoms with Crippen LogP contribution < -0.4 is 5.73 Å². The normalized spacial score (nSPS) is 12.5. The van der Waals surface area contributed by atoms with E-state index in [2.05, 4.69) is 6.58 Å². The van der Waals surface area contributed by atoms with Gasteiger partial charge >= 0.3 is 0 Å². The minimum Gasteiger partial charge on any atom is -0.324 e. The second kappa shape index (κ2) is 4.19. The van der Waals surface area contributed by atoms with Crippen molar-refractivity contribution in [3.63, 3.8) is 0 Å². The second-order valence-corrected chi connectivity index (χ2v) is 3.13. The number of nitrogens with two attached hydrogens (primary N) is 1. The van der Waals surface area contributed by atoms with Gasteiger partial charge in [-0.3, -0.25) is 0 Å². The van der Waals surface area contributed by atoms with Crippen LogP contribution in [0.4, 0.5) is 4.39 Å². The summed E-state index contributed by atoms with van der Waals surface area (Å²) in [5, 5.41) is 0. The smallest absolute Gasteiger partial charge is 0.123 e. The van der Waals surface area contributed by atoms with Crippen LogP contribution in [0.2, 0.25) is 0 Å². The van der Waals surface area contributed by atoms with Crippen LogP contribution in [0.5, 0.6) is 0 Å². The maximum Gasteiger partial charge on any atom is 0.123 e. The zero-order valence-corrected chi connectivity index (χ0v) is 7.76. The maximum atomic E-state index is 12.7. The van der Waals surface area contributed by atoms with E-state index in [0.29, 0.717) is 6.42 Å². The van der Waals surface area contributed by atoms with Crippen molar-refractivity contribution in [1.29, 1.82) is 0 Å². The van der Waals surface area contributed by atoms with Crippen molar-refractivity contribution in [3.8, 4) is 0 Å². The van der Waals surface area contributed by atoms with Crippen molar-refractivity contribution < 1.29 is 4.39 Å². The standard InChI is InChI=1S/C11H14FN/c1-3-4-11(13)10-6-5-9(12)7-8(10)2/h3,5-7,11H,1,4,13H2,2H3/t11-/m0/s1. The Bertz CT molecular complexity index is 307. The SMILES string of the molecule is C=CC[C@H](N)c1ccc(F)cc1C. The first kappa shape index (κ1) is 9.93. The summed E-state index contributed by atoms with van der Waals surface area (Å²) in [6.45, 7) is 5.48. The molecule has 1 nitrogen and oxygen atoms in total. The molecule has 1 atom stereocenters. The van der Waals surface area contributed by atoms with Crippen LogP contribution in [0.1, 0.15) is 23.6 Å². The average Bonchev–Trinajstić information content (AvgIpc) is 2.04. The monoisotopic (exact) mass is 179 g/mol. The van der Waals surface area contributed by atoms with Gasteiger partial charge in [0.2, 0.25) is 0 Å². The highest BCUT2D eigenvalue weighted by molar-refractivity contribution is 5.29. The Morgan fingerprint density at radius 1 is 1.62 bits per heavy atom. The quantitative estimate of drug-likeness (QED) is 0.709. The van der Waals surface area contributed by atoms with Gasteiger partial charge in [0.05, 0.1) is 0 Å². The van der Waals surface area contributed by atoms with Gasteiger partial charge in [0.25, 0.3) is 0 Å². The molecular weight excluding hydrogens is 165 g/mol. The number of aryl methyl sites for hydroxylation is 1. The highest BCUT2D eigenvalue weighted by Gasteiger charge is 2.07. The Morgan fingerprint density at radius 3 is 2.85 bits per heavy atom. The molecule has 0 unspecified atom stereocenters. The van der Waals surface area contributed by atoms with E-state index in [9.17, 15) is 4.39 Å². The van der Waals surface area contributed by atoms with Gasteiger partial charge in [0.1, 0.15) is 5.82 Å². The summed E-state index contributed by atoms with van der Waals surface area (Å²) in [6.07, 6.45) is 2.49. The molecule has 0 heterocycles. The molecule has 1 aromatic carbocycles. The van der Waals surface area contributed by atoms with Crippen molar-refractivity contribution >= 4 is 0 Å². The van der Waals surface area contributed by atoms with Crippen LogP contribution in [0.15, 0.2) is 30.9 Å². The number of hydrogen-bond donors (Lipinski definition) is 1. The first-order valence-electron chi connectivity index (χ1n) is 4.27. The van der Waals surface area contributed by atoms with Crippen molar-refractivity contribution in [2.45, 2.75) is 19.4 Å². The van der Waals surface area contributed by atoms with E-state index in [1.165, 1.54) is 12.1 Å². The summed E-state index contributed by atoms with van der Waals surface area (Å²) in [4.78, 5) is 0. The average molecular weight is 179 g/mol. The summed E-state index contributed by atoms with van der Waals surface area (Å²) in [6, 6.07) is 4.60. The molecule has 0 fully saturated rings. The Hall–Kier alpha value is -1.15.